The normalized spacial score (nSPS) is 14.7. The van der Waals surface area contributed by atoms with E-state index in [4.69, 9.17) is 4.74 Å². The first-order valence-corrected chi connectivity index (χ1v) is 9.31. The number of carbonyl (C=O) groups is 1. The second-order valence-corrected chi connectivity index (χ2v) is 6.95. The number of nitrogens with zero attached hydrogens (tertiary/aromatic N) is 1. The maximum Gasteiger partial charge on any atom is 0.250 e. The van der Waals surface area contributed by atoms with Gasteiger partial charge in [0.2, 0.25) is 5.91 Å². The summed E-state index contributed by atoms with van der Waals surface area (Å²) in [4.78, 5) is 19.8. The van der Waals surface area contributed by atoms with Gasteiger partial charge in [-0.05, 0) is 42.7 Å². The van der Waals surface area contributed by atoms with E-state index in [9.17, 15) is 9.18 Å². The summed E-state index contributed by atoms with van der Waals surface area (Å²) in [7, 11) is 0. The van der Waals surface area contributed by atoms with Gasteiger partial charge in [0.15, 0.2) is 0 Å². The third-order valence-electron chi connectivity index (χ3n) is 4.88. The van der Waals surface area contributed by atoms with Crippen molar-refractivity contribution in [3.05, 3.63) is 59.7 Å². The second-order valence-electron chi connectivity index (χ2n) is 6.95. The molecule has 0 bridgehead atoms. The number of fused-ring (bicyclic) bond motifs is 1. The van der Waals surface area contributed by atoms with Crippen molar-refractivity contribution in [2.75, 3.05) is 11.9 Å². The predicted octanol–water partition coefficient (Wildman–Crippen LogP) is 4.19. The number of aromatic nitrogens is 2. The van der Waals surface area contributed by atoms with Gasteiger partial charge in [0.1, 0.15) is 18.2 Å². The molecule has 5 nitrogen and oxygen atoms in total. The van der Waals surface area contributed by atoms with E-state index >= 15 is 0 Å². The summed E-state index contributed by atoms with van der Waals surface area (Å²) >= 11 is 0. The van der Waals surface area contributed by atoms with Gasteiger partial charge in [-0.25, -0.2) is 9.37 Å². The number of nitrogens with one attached hydrogen (secondary N) is 2. The molecule has 0 spiro atoms. The Balaban J connectivity index is 1.41. The molecule has 1 fully saturated rings. The van der Waals surface area contributed by atoms with Gasteiger partial charge in [-0.2, -0.15) is 0 Å². The van der Waals surface area contributed by atoms with Crippen LogP contribution in [0.5, 0.6) is 0 Å². The number of H-pyrrole nitrogens is 1. The van der Waals surface area contributed by atoms with Crippen molar-refractivity contribution in [3.63, 3.8) is 0 Å². The predicted molar refractivity (Wildman–Crippen MR) is 102 cm³/mol. The highest BCUT2D eigenvalue weighted by Gasteiger charge is 2.16. The summed E-state index contributed by atoms with van der Waals surface area (Å²) in [6.45, 7) is 0.0736. The molecular weight excluding hydrogens is 345 g/mol. The smallest absolute Gasteiger partial charge is 0.250 e. The van der Waals surface area contributed by atoms with Crippen LogP contribution in [0.2, 0.25) is 0 Å². The highest BCUT2D eigenvalue weighted by molar-refractivity contribution is 5.93. The standard InChI is InChI=1S/C21H22FN3O2/c22-17-8-4-1-5-14(17)11-20-24-18-10-9-15(12-19(18)25-20)23-21(26)13-27-16-6-2-3-7-16/h1,4-5,8-10,12,16H,2-3,6-7,11,13H2,(H,23,26)(H,24,25). The van der Waals surface area contributed by atoms with Crippen molar-refractivity contribution >= 4 is 22.6 Å². The molecule has 0 atom stereocenters. The fourth-order valence-electron chi connectivity index (χ4n) is 3.49. The number of ether oxygens (including phenoxy) is 1. The van der Waals surface area contributed by atoms with Crippen LogP contribution in [0.1, 0.15) is 37.1 Å². The van der Waals surface area contributed by atoms with Gasteiger partial charge < -0.3 is 15.0 Å². The lowest BCUT2D eigenvalue weighted by Crippen LogP contribution is -2.21. The number of rotatable bonds is 6. The van der Waals surface area contributed by atoms with Crippen LogP contribution in [0.3, 0.4) is 0 Å². The van der Waals surface area contributed by atoms with Gasteiger partial charge in [-0.1, -0.05) is 31.0 Å². The zero-order valence-corrected chi connectivity index (χ0v) is 15.0. The molecule has 6 heteroatoms. The first-order valence-electron chi connectivity index (χ1n) is 9.31. The zero-order chi connectivity index (χ0) is 18.6. The quantitative estimate of drug-likeness (QED) is 0.686. The van der Waals surface area contributed by atoms with Gasteiger partial charge in [0.05, 0.1) is 17.1 Å². The monoisotopic (exact) mass is 367 g/mol. The Labute approximate surface area is 157 Å². The molecule has 1 aliphatic carbocycles. The molecule has 0 unspecified atom stereocenters. The molecular formula is C21H22FN3O2. The van der Waals surface area contributed by atoms with Crippen LogP contribution in [0.25, 0.3) is 11.0 Å². The second kappa shape index (κ2) is 7.88. The molecule has 1 aromatic heterocycles. The minimum absolute atomic E-state index is 0.0736. The molecule has 0 saturated heterocycles. The fraction of sp³-hybridized carbons (Fsp3) is 0.333. The van der Waals surface area contributed by atoms with Crippen LogP contribution < -0.4 is 5.32 Å². The van der Waals surface area contributed by atoms with Crippen molar-refractivity contribution in [1.82, 2.24) is 9.97 Å². The Hall–Kier alpha value is -2.73. The van der Waals surface area contributed by atoms with Gasteiger partial charge in [-0.3, -0.25) is 4.79 Å². The molecule has 1 amide bonds. The van der Waals surface area contributed by atoms with E-state index in [0.717, 1.165) is 23.9 Å². The summed E-state index contributed by atoms with van der Waals surface area (Å²) in [5.74, 6) is 0.281. The number of carbonyl (C=O) groups excluding carboxylic acids is 1. The minimum atomic E-state index is -0.242. The summed E-state index contributed by atoms with van der Waals surface area (Å²) in [5.41, 5.74) is 2.86. The van der Waals surface area contributed by atoms with Crippen molar-refractivity contribution in [2.45, 2.75) is 38.2 Å². The van der Waals surface area contributed by atoms with E-state index in [-0.39, 0.29) is 24.4 Å². The highest BCUT2D eigenvalue weighted by Crippen LogP contribution is 2.22. The Morgan fingerprint density at radius 3 is 2.85 bits per heavy atom. The van der Waals surface area contributed by atoms with Gasteiger partial charge in [0, 0.05) is 12.1 Å². The Morgan fingerprint density at radius 1 is 1.22 bits per heavy atom. The Bertz CT molecular complexity index is 948. The number of halogens is 1. The van der Waals surface area contributed by atoms with E-state index in [2.05, 4.69) is 15.3 Å². The summed E-state index contributed by atoms with van der Waals surface area (Å²) in [6, 6.07) is 12.2. The van der Waals surface area contributed by atoms with E-state index in [1.165, 1.54) is 18.9 Å². The maximum absolute atomic E-state index is 13.8. The van der Waals surface area contributed by atoms with Crippen molar-refractivity contribution < 1.29 is 13.9 Å². The molecule has 1 heterocycles. The zero-order valence-electron chi connectivity index (χ0n) is 15.0. The van der Waals surface area contributed by atoms with Crippen LogP contribution in [0.4, 0.5) is 10.1 Å². The maximum atomic E-state index is 13.8. The number of benzene rings is 2. The van der Waals surface area contributed by atoms with Crippen LogP contribution >= 0.6 is 0 Å². The molecule has 2 N–H and O–H groups in total. The summed E-state index contributed by atoms with van der Waals surface area (Å²) in [6.07, 6.45) is 5.04. The average Bonchev–Trinajstić information content (AvgIpc) is 3.31. The first kappa shape index (κ1) is 17.7. The molecule has 3 aromatic rings. The molecule has 4 rings (SSSR count). The van der Waals surface area contributed by atoms with Crippen molar-refractivity contribution in [1.29, 1.82) is 0 Å². The molecule has 0 radical (unpaired) electrons. The molecule has 0 aliphatic heterocycles. The van der Waals surface area contributed by atoms with Gasteiger partial charge >= 0.3 is 0 Å². The van der Waals surface area contributed by atoms with Gasteiger partial charge in [-0.15, -0.1) is 0 Å². The lowest BCUT2D eigenvalue weighted by molar-refractivity contribution is -0.122. The Kier molecular flexibility index (Phi) is 5.16. The number of anilines is 1. The third-order valence-corrected chi connectivity index (χ3v) is 4.88. The van der Waals surface area contributed by atoms with Gasteiger partial charge in [0.25, 0.3) is 0 Å². The number of amides is 1. The highest BCUT2D eigenvalue weighted by atomic mass is 19.1. The largest absolute Gasteiger partial charge is 0.368 e. The fourth-order valence-corrected chi connectivity index (χ4v) is 3.49. The number of hydrogen-bond donors (Lipinski definition) is 2. The van der Waals surface area contributed by atoms with Crippen LogP contribution in [-0.2, 0) is 16.0 Å². The lowest BCUT2D eigenvalue weighted by Gasteiger charge is -2.11. The number of imidazole rings is 1. The average molecular weight is 367 g/mol. The van der Waals surface area contributed by atoms with Crippen molar-refractivity contribution in [2.24, 2.45) is 0 Å². The van der Waals surface area contributed by atoms with Crippen LogP contribution in [-0.4, -0.2) is 28.6 Å². The van der Waals surface area contributed by atoms with E-state index in [0.29, 0.717) is 23.5 Å². The van der Waals surface area contributed by atoms with E-state index < -0.39 is 0 Å². The van der Waals surface area contributed by atoms with Crippen LogP contribution in [0.15, 0.2) is 42.5 Å². The summed E-state index contributed by atoms with van der Waals surface area (Å²) < 4.78 is 19.5. The molecule has 27 heavy (non-hydrogen) atoms. The lowest BCUT2D eigenvalue weighted by atomic mass is 10.1. The topological polar surface area (TPSA) is 67.0 Å². The number of aromatic amines is 1. The van der Waals surface area contributed by atoms with Crippen molar-refractivity contribution in [3.8, 4) is 0 Å². The minimum Gasteiger partial charge on any atom is -0.368 e. The summed E-state index contributed by atoms with van der Waals surface area (Å²) in [5, 5.41) is 2.85. The Morgan fingerprint density at radius 2 is 2.04 bits per heavy atom. The molecule has 1 aliphatic rings. The van der Waals surface area contributed by atoms with E-state index in [1.807, 2.05) is 24.3 Å². The van der Waals surface area contributed by atoms with E-state index in [1.54, 1.807) is 12.1 Å². The van der Waals surface area contributed by atoms with Crippen LogP contribution in [0, 0.1) is 5.82 Å². The molecule has 1 saturated carbocycles. The SMILES string of the molecule is O=C(COC1CCCC1)Nc1ccc2nc(Cc3ccccc3F)[nH]c2c1. The molecule has 140 valence electrons. The third kappa shape index (κ3) is 4.34. The first-order chi connectivity index (χ1) is 13.2. The number of hydrogen-bond acceptors (Lipinski definition) is 3. The molecule has 2 aromatic carbocycles.